The summed E-state index contributed by atoms with van der Waals surface area (Å²) in [7, 11) is 3.21. The number of aromatic nitrogens is 1. The van der Waals surface area contributed by atoms with E-state index in [9.17, 15) is 4.79 Å². The third kappa shape index (κ3) is 3.86. The summed E-state index contributed by atoms with van der Waals surface area (Å²) in [6.07, 6.45) is 0. The van der Waals surface area contributed by atoms with Crippen LogP contribution in [-0.4, -0.2) is 25.1 Å². The van der Waals surface area contributed by atoms with Crippen molar-refractivity contribution in [3.63, 3.8) is 0 Å². The van der Waals surface area contributed by atoms with E-state index >= 15 is 0 Å². The molecule has 2 aromatic carbocycles. The summed E-state index contributed by atoms with van der Waals surface area (Å²) in [4.78, 5) is 17.0. The molecule has 5 nitrogen and oxygen atoms in total. The second-order valence-corrected chi connectivity index (χ2v) is 6.57. The molecule has 0 aliphatic carbocycles. The molecule has 1 aromatic heterocycles. The third-order valence-electron chi connectivity index (χ3n) is 4.01. The van der Waals surface area contributed by atoms with Gasteiger partial charge in [0.2, 0.25) is 0 Å². The van der Waals surface area contributed by atoms with Crippen LogP contribution in [0.3, 0.4) is 0 Å². The SMILES string of the molecule is COc1ccc(OC)c([C@@H](C)NC(=O)c2csc(-c3ccccc3)n2)c1. The number of amides is 1. The summed E-state index contributed by atoms with van der Waals surface area (Å²) < 4.78 is 10.7. The van der Waals surface area contributed by atoms with E-state index in [1.54, 1.807) is 19.6 Å². The summed E-state index contributed by atoms with van der Waals surface area (Å²) in [6.45, 7) is 1.90. The lowest BCUT2D eigenvalue weighted by Crippen LogP contribution is -2.27. The molecule has 1 amide bonds. The Labute approximate surface area is 156 Å². The number of carbonyl (C=O) groups is 1. The van der Waals surface area contributed by atoms with Crippen molar-refractivity contribution in [2.45, 2.75) is 13.0 Å². The van der Waals surface area contributed by atoms with Gasteiger partial charge in [-0.25, -0.2) is 4.98 Å². The van der Waals surface area contributed by atoms with Crippen molar-refractivity contribution in [2.24, 2.45) is 0 Å². The van der Waals surface area contributed by atoms with E-state index in [0.29, 0.717) is 17.2 Å². The van der Waals surface area contributed by atoms with Gasteiger partial charge in [-0.15, -0.1) is 11.3 Å². The standard InChI is InChI=1S/C20H20N2O3S/c1-13(16-11-15(24-2)9-10-18(16)25-3)21-19(23)17-12-26-20(22-17)14-7-5-4-6-8-14/h4-13H,1-3H3,(H,21,23)/t13-/m1/s1. The molecule has 134 valence electrons. The van der Waals surface area contributed by atoms with Crippen LogP contribution >= 0.6 is 11.3 Å². The molecule has 26 heavy (non-hydrogen) atoms. The monoisotopic (exact) mass is 368 g/mol. The molecule has 1 N–H and O–H groups in total. The quantitative estimate of drug-likeness (QED) is 0.704. The Balaban J connectivity index is 1.77. The highest BCUT2D eigenvalue weighted by atomic mass is 32.1. The first-order chi connectivity index (χ1) is 12.6. The molecule has 6 heteroatoms. The van der Waals surface area contributed by atoms with Crippen LogP contribution in [0.25, 0.3) is 10.6 Å². The van der Waals surface area contributed by atoms with Gasteiger partial charge in [-0.05, 0) is 25.1 Å². The minimum atomic E-state index is -0.255. The maximum atomic E-state index is 12.6. The van der Waals surface area contributed by atoms with Gasteiger partial charge in [0.1, 0.15) is 22.2 Å². The number of benzene rings is 2. The topological polar surface area (TPSA) is 60.5 Å². The van der Waals surface area contributed by atoms with E-state index in [4.69, 9.17) is 9.47 Å². The zero-order valence-electron chi connectivity index (χ0n) is 14.9. The average molecular weight is 368 g/mol. The molecule has 0 aliphatic heterocycles. The molecule has 0 radical (unpaired) electrons. The van der Waals surface area contributed by atoms with Gasteiger partial charge in [0.05, 0.1) is 20.3 Å². The summed E-state index contributed by atoms with van der Waals surface area (Å²) in [5, 5.41) is 5.57. The molecule has 3 rings (SSSR count). The lowest BCUT2D eigenvalue weighted by molar-refractivity contribution is 0.0935. The Morgan fingerprint density at radius 2 is 1.88 bits per heavy atom. The van der Waals surface area contributed by atoms with E-state index in [-0.39, 0.29) is 11.9 Å². The Morgan fingerprint density at radius 1 is 1.12 bits per heavy atom. The summed E-state index contributed by atoms with van der Waals surface area (Å²) in [6, 6.07) is 15.1. The molecule has 0 spiro atoms. The van der Waals surface area contributed by atoms with Crippen LogP contribution in [0.2, 0.25) is 0 Å². The number of thiazole rings is 1. The highest BCUT2D eigenvalue weighted by Crippen LogP contribution is 2.30. The molecular formula is C20H20N2O3S. The normalized spacial score (nSPS) is 11.7. The van der Waals surface area contributed by atoms with Crippen molar-refractivity contribution in [3.05, 3.63) is 65.2 Å². The van der Waals surface area contributed by atoms with E-state index in [1.807, 2.05) is 55.5 Å². The Bertz CT molecular complexity index is 893. The van der Waals surface area contributed by atoms with E-state index in [0.717, 1.165) is 16.1 Å². The average Bonchev–Trinajstić information content (AvgIpc) is 3.18. The fourth-order valence-electron chi connectivity index (χ4n) is 2.62. The van der Waals surface area contributed by atoms with E-state index in [1.165, 1.54) is 11.3 Å². The number of hydrogen-bond donors (Lipinski definition) is 1. The van der Waals surface area contributed by atoms with Crippen LogP contribution in [-0.2, 0) is 0 Å². The maximum Gasteiger partial charge on any atom is 0.271 e. The minimum Gasteiger partial charge on any atom is -0.497 e. The van der Waals surface area contributed by atoms with Crippen molar-refractivity contribution in [3.8, 4) is 22.1 Å². The Morgan fingerprint density at radius 3 is 2.58 bits per heavy atom. The molecular weight excluding hydrogens is 348 g/mol. The van der Waals surface area contributed by atoms with Gasteiger partial charge in [-0.3, -0.25) is 4.79 Å². The molecule has 1 atom stereocenters. The van der Waals surface area contributed by atoms with Crippen molar-refractivity contribution >= 4 is 17.2 Å². The molecule has 0 fully saturated rings. The van der Waals surface area contributed by atoms with E-state index in [2.05, 4.69) is 10.3 Å². The smallest absolute Gasteiger partial charge is 0.271 e. The van der Waals surface area contributed by atoms with Gasteiger partial charge in [0.15, 0.2) is 0 Å². The predicted molar refractivity (Wildman–Crippen MR) is 103 cm³/mol. The molecule has 0 unspecified atom stereocenters. The van der Waals surface area contributed by atoms with Gasteiger partial charge >= 0.3 is 0 Å². The highest BCUT2D eigenvalue weighted by Gasteiger charge is 2.18. The van der Waals surface area contributed by atoms with Gasteiger partial charge in [0.25, 0.3) is 5.91 Å². The molecule has 3 aromatic rings. The van der Waals surface area contributed by atoms with Gasteiger partial charge < -0.3 is 14.8 Å². The lowest BCUT2D eigenvalue weighted by atomic mass is 10.1. The number of rotatable bonds is 6. The number of carbonyl (C=O) groups excluding carboxylic acids is 1. The van der Waals surface area contributed by atoms with E-state index < -0.39 is 0 Å². The first-order valence-corrected chi connectivity index (χ1v) is 9.04. The zero-order valence-corrected chi connectivity index (χ0v) is 15.7. The fraction of sp³-hybridized carbons (Fsp3) is 0.200. The summed E-state index contributed by atoms with van der Waals surface area (Å²) >= 11 is 1.45. The Kier molecular flexibility index (Phi) is 5.53. The molecule has 0 bridgehead atoms. The van der Waals surface area contributed by atoms with Crippen molar-refractivity contribution < 1.29 is 14.3 Å². The fourth-order valence-corrected chi connectivity index (χ4v) is 3.42. The Hall–Kier alpha value is -2.86. The molecule has 1 heterocycles. The van der Waals surface area contributed by atoms with Gasteiger partial charge in [-0.1, -0.05) is 30.3 Å². The summed E-state index contributed by atoms with van der Waals surface area (Å²) in [5.41, 5.74) is 2.25. The number of nitrogens with zero attached hydrogens (tertiary/aromatic N) is 1. The number of nitrogens with one attached hydrogen (secondary N) is 1. The van der Waals surface area contributed by atoms with Crippen molar-refractivity contribution in [1.29, 1.82) is 0 Å². The highest BCUT2D eigenvalue weighted by molar-refractivity contribution is 7.13. The molecule has 0 saturated carbocycles. The first kappa shape index (κ1) is 17.9. The lowest BCUT2D eigenvalue weighted by Gasteiger charge is -2.17. The van der Waals surface area contributed by atoms with Crippen LogP contribution < -0.4 is 14.8 Å². The number of ether oxygens (including phenoxy) is 2. The predicted octanol–water partition coefficient (Wildman–Crippen LogP) is 4.32. The minimum absolute atomic E-state index is 0.221. The largest absolute Gasteiger partial charge is 0.497 e. The second kappa shape index (κ2) is 8.01. The zero-order chi connectivity index (χ0) is 18.5. The van der Waals surface area contributed by atoms with Crippen LogP contribution in [0.4, 0.5) is 0 Å². The van der Waals surface area contributed by atoms with Gasteiger partial charge in [0, 0.05) is 16.5 Å². The van der Waals surface area contributed by atoms with Crippen LogP contribution in [0.5, 0.6) is 11.5 Å². The van der Waals surface area contributed by atoms with Crippen molar-refractivity contribution in [2.75, 3.05) is 14.2 Å². The number of hydrogen-bond acceptors (Lipinski definition) is 5. The molecule has 0 saturated heterocycles. The third-order valence-corrected chi connectivity index (χ3v) is 4.90. The van der Waals surface area contributed by atoms with Crippen LogP contribution in [0.1, 0.15) is 29.0 Å². The molecule has 0 aliphatic rings. The second-order valence-electron chi connectivity index (χ2n) is 5.71. The first-order valence-electron chi connectivity index (χ1n) is 8.16. The van der Waals surface area contributed by atoms with Crippen molar-refractivity contribution in [1.82, 2.24) is 10.3 Å². The van der Waals surface area contributed by atoms with Crippen LogP contribution in [0, 0.1) is 0 Å². The number of methoxy groups -OCH3 is 2. The van der Waals surface area contributed by atoms with Gasteiger partial charge in [-0.2, -0.15) is 0 Å². The van der Waals surface area contributed by atoms with Crippen LogP contribution in [0.15, 0.2) is 53.9 Å². The maximum absolute atomic E-state index is 12.6. The summed E-state index contributed by atoms with van der Waals surface area (Å²) in [5.74, 6) is 1.18.